The Morgan fingerprint density at radius 2 is 1.72 bits per heavy atom. The number of rotatable bonds is 4. The molecule has 4 aromatic heterocycles. The SMILES string of the molecule is Cc1ccc(-c2nc3c(cc(C(C)(C)O)n3S(=O)(=O)c3ccccc3)c3nnc(C)n23)o1. The highest BCUT2D eigenvalue weighted by atomic mass is 32.2. The van der Waals surface area contributed by atoms with Gasteiger partial charge in [0.1, 0.15) is 17.2 Å². The largest absolute Gasteiger partial charge is 0.458 e. The average Bonchev–Trinajstić information content (AvgIpc) is 3.44. The number of nitrogens with zero attached hydrogens (tertiary/aromatic N) is 5. The second kappa shape index (κ2) is 6.75. The van der Waals surface area contributed by atoms with Crippen LogP contribution in [0.4, 0.5) is 0 Å². The molecular formula is C22H21N5O4S. The van der Waals surface area contributed by atoms with Gasteiger partial charge in [0.05, 0.1) is 16.0 Å². The maximum absolute atomic E-state index is 13.7. The second-order valence-electron chi connectivity index (χ2n) is 8.16. The Bertz CT molecular complexity index is 1590. The van der Waals surface area contributed by atoms with Crippen LogP contribution in [-0.2, 0) is 15.6 Å². The van der Waals surface area contributed by atoms with Crippen molar-refractivity contribution in [3.8, 4) is 11.6 Å². The van der Waals surface area contributed by atoms with Crippen molar-refractivity contribution in [1.82, 2.24) is 23.6 Å². The van der Waals surface area contributed by atoms with Gasteiger partial charge in [0.25, 0.3) is 10.0 Å². The molecule has 1 N–H and O–H groups in total. The maximum Gasteiger partial charge on any atom is 0.269 e. The average molecular weight is 452 g/mol. The van der Waals surface area contributed by atoms with Gasteiger partial charge in [-0.1, -0.05) is 18.2 Å². The first-order valence-corrected chi connectivity index (χ1v) is 11.4. The smallest absolute Gasteiger partial charge is 0.269 e. The minimum Gasteiger partial charge on any atom is -0.458 e. The lowest BCUT2D eigenvalue weighted by atomic mass is 10.1. The van der Waals surface area contributed by atoms with Gasteiger partial charge in [-0.25, -0.2) is 17.4 Å². The highest BCUT2D eigenvalue weighted by molar-refractivity contribution is 7.90. The summed E-state index contributed by atoms with van der Waals surface area (Å²) in [5, 5.41) is 19.8. The van der Waals surface area contributed by atoms with E-state index in [2.05, 4.69) is 10.2 Å². The molecule has 5 rings (SSSR count). The monoisotopic (exact) mass is 451 g/mol. The second-order valence-corrected chi connectivity index (χ2v) is 9.95. The molecule has 0 radical (unpaired) electrons. The zero-order valence-corrected chi connectivity index (χ0v) is 18.8. The molecular weight excluding hydrogens is 430 g/mol. The van der Waals surface area contributed by atoms with E-state index >= 15 is 0 Å². The van der Waals surface area contributed by atoms with Crippen LogP contribution in [0.2, 0.25) is 0 Å². The molecule has 0 fully saturated rings. The summed E-state index contributed by atoms with van der Waals surface area (Å²) in [7, 11) is -4.09. The molecule has 0 atom stereocenters. The third-order valence-electron chi connectivity index (χ3n) is 5.29. The number of aromatic nitrogens is 5. The molecule has 0 aliphatic rings. The fourth-order valence-electron chi connectivity index (χ4n) is 3.78. The third kappa shape index (κ3) is 2.94. The van der Waals surface area contributed by atoms with Gasteiger partial charge < -0.3 is 9.52 Å². The molecule has 32 heavy (non-hydrogen) atoms. The van der Waals surface area contributed by atoms with E-state index in [1.165, 1.54) is 26.0 Å². The lowest BCUT2D eigenvalue weighted by molar-refractivity contribution is 0.0733. The fraction of sp³-hybridized carbons (Fsp3) is 0.227. The Kier molecular flexibility index (Phi) is 4.30. The Hall–Kier alpha value is -3.50. The van der Waals surface area contributed by atoms with Crippen LogP contribution in [0.1, 0.15) is 31.1 Å². The lowest BCUT2D eigenvalue weighted by Crippen LogP contribution is -2.25. The van der Waals surface area contributed by atoms with Crippen molar-refractivity contribution < 1.29 is 17.9 Å². The Balaban J connectivity index is 1.97. The summed E-state index contributed by atoms with van der Waals surface area (Å²) in [6.45, 7) is 6.65. The minimum atomic E-state index is -4.09. The molecule has 0 aliphatic carbocycles. The molecule has 0 saturated carbocycles. The van der Waals surface area contributed by atoms with Crippen LogP contribution < -0.4 is 0 Å². The topological polar surface area (TPSA) is 116 Å². The third-order valence-corrected chi connectivity index (χ3v) is 7.01. The van der Waals surface area contributed by atoms with Crippen LogP contribution in [0.25, 0.3) is 28.3 Å². The number of benzene rings is 1. The van der Waals surface area contributed by atoms with Crippen LogP contribution in [0.3, 0.4) is 0 Å². The molecule has 0 amide bonds. The van der Waals surface area contributed by atoms with Crippen molar-refractivity contribution in [1.29, 1.82) is 0 Å². The van der Waals surface area contributed by atoms with Crippen molar-refractivity contribution in [2.45, 2.75) is 38.2 Å². The van der Waals surface area contributed by atoms with Crippen molar-refractivity contribution >= 4 is 26.7 Å². The van der Waals surface area contributed by atoms with Crippen LogP contribution in [0.15, 0.2) is 57.8 Å². The van der Waals surface area contributed by atoms with E-state index in [0.29, 0.717) is 34.2 Å². The summed E-state index contributed by atoms with van der Waals surface area (Å²) in [5.41, 5.74) is -0.756. The highest BCUT2D eigenvalue weighted by Gasteiger charge is 2.33. The van der Waals surface area contributed by atoms with Crippen LogP contribution in [0, 0.1) is 13.8 Å². The Morgan fingerprint density at radius 3 is 2.34 bits per heavy atom. The van der Waals surface area contributed by atoms with Gasteiger partial charge in [0.15, 0.2) is 22.9 Å². The van der Waals surface area contributed by atoms with Gasteiger partial charge >= 0.3 is 0 Å². The molecule has 0 aliphatic heterocycles. The van der Waals surface area contributed by atoms with E-state index in [1.807, 2.05) is 6.92 Å². The van der Waals surface area contributed by atoms with Gasteiger partial charge in [0, 0.05) is 0 Å². The minimum absolute atomic E-state index is 0.0812. The standard InChI is InChI=1S/C22H21N5O4S/c1-13-10-11-17(31-13)21-23-19-16(20-25-24-14(2)26(20)21)12-18(22(3,4)28)27(19)32(29,30)15-8-6-5-7-9-15/h5-12,28H,1-4H3. The molecule has 164 valence electrons. The van der Waals surface area contributed by atoms with E-state index in [-0.39, 0.29) is 16.2 Å². The molecule has 5 aromatic rings. The number of hydrogen-bond acceptors (Lipinski definition) is 7. The highest BCUT2D eigenvalue weighted by Crippen LogP contribution is 2.35. The van der Waals surface area contributed by atoms with E-state index in [4.69, 9.17) is 9.40 Å². The number of furan rings is 1. The van der Waals surface area contributed by atoms with Crippen molar-refractivity contribution in [3.05, 3.63) is 65.8 Å². The van der Waals surface area contributed by atoms with Gasteiger partial charge in [-0.2, -0.15) is 0 Å². The van der Waals surface area contributed by atoms with Gasteiger partial charge in [0.2, 0.25) is 0 Å². The lowest BCUT2D eigenvalue weighted by Gasteiger charge is -2.20. The summed E-state index contributed by atoms with van der Waals surface area (Å²) in [6.07, 6.45) is 0. The maximum atomic E-state index is 13.7. The van der Waals surface area contributed by atoms with Gasteiger partial charge in [-0.3, -0.25) is 4.40 Å². The van der Waals surface area contributed by atoms with Crippen LogP contribution in [0.5, 0.6) is 0 Å². The zero-order chi connectivity index (χ0) is 22.8. The molecule has 4 heterocycles. The molecule has 0 spiro atoms. The van der Waals surface area contributed by atoms with Crippen LogP contribution in [-0.4, -0.2) is 37.1 Å². The first-order valence-electron chi connectivity index (χ1n) is 9.96. The first kappa shape index (κ1) is 20.4. The summed E-state index contributed by atoms with van der Waals surface area (Å²) < 4.78 is 36.0. The fourth-order valence-corrected chi connectivity index (χ4v) is 5.39. The summed E-state index contributed by atoms with van der Waals surface area (Å²) in [6, 6.07) is 13.2. The molecule has 0 bridgehead atoms. The number of fused-ring (bicyclic) bond motifs is 3. The molecule has 1 aromatic carbocycles. The quantitative estimate of drug-likeness (QED) is 0.445. The molecule has 10 heteroatoms. The van der Waals surface area contributed by atoms with Crippen molar-refractivity contribution in [2.75, 3.05) is 0 Å². The van der Waals surface area contributed by atoms with Gasteiger partial charge in [-0.15, -0.1) is 10.2 Å². The Labute approximate surface area is 184 Å². The van der Waals surface area contributed by atoms with E-state index in [0.717, 1.165) is 3.97 Å². The van der Waals surface area contributed by atoms with Crippen LogP contribution >= 0.6 is 0 Å². The van der Waals surface area contributed by atoms with Gasteiger partial charge in [-0.05, 0) is 58.0 Å². The number of aliphatic hydroxyl groups is 1. The first-order chi connectivity index (χ1) is 15.1. The molecule has 0 saturated heterocycles. The summed E-state index contributed by atoms with van der Waals surface area (Å²) >= 11 is 0. The van der Waals surface area contributed by atoms with Crippen molar-refractivity contribution in [2.24, 2.45) is 0 Å². The zero-order valence-electron chi connectivity index (χ0n) is 17.9. The normalized spacial score (nSPS) is 12.8. The molecule has 9 nitrogen and oxygen atoms in total. The Morgan fingerprint density at radius 1 is 1.00 bits per heavy atom. The van der Waals surface area contributed by atoms with E-state index in [9.17, 15) is 13.5 Å². The predicted octanol–water partition coefficient (Wildman–Crippen LogP) is 3.42. The molecule has 0 unspecified atom stereocenters. The van der Waals surface area contributed by atoms with E-state index < -0.39 is 15.6 Å². The summed E-state index contributed by atoms with van der Waals surface area (Å²) in [4.78, 5) is 4.79. The predicted molar refractivity (Wildman–Crippen MR) is 118 cm³/mol. The summed E-state index contributed by atoms with van der Waals surface area (Å²) in [5.74, 6) is 2.08. The van der Waals surface area contributed by atoms with Crippen molar-refractivity contribution in [3.63, 3.8) is 0 Å². The number of hydrogen-bond donors (Lipinski definition) is 1. The number of aryl methyl sites for hydroxylation is 2. The van der Waals surface area contributed by atoms with E-state index in [1.54, 1.807) is 47.7 Å².